The van der Waals surface area contributed by atoms with Gasteiger partial charge in [0.25, 0.3) is 5.91 Å². The number of rotatable bonds is 9. The van der Waals surface area contributed by atoms with E-state index in [1.165, 1.54) is 17.4 Å². The first-order valence-electron chi connectivity index (χ1n) is 20.4. The van der Waals surface area contributed by atoms with E-state index in [0.717, 1.165) is 97.1 Å². The first-order chi connectivity index (χ1) is 28.5. The summed E-state index contributed by atoms with van der Waals surface area (Å²) >= 11 is 1.47. The average Bonchev–Trinajstić information content (AvgIpc) is 3.74. The number of piperidine rings is 2. The van der Waals surface area contributed by atoms with Gasteiger partial charge in [0.05, 0.1) is 45.0 Å². The summed E-state index contributed by atoms with van der Waals surface area (Å²) in [4.78, 5) is 66.8. The van der Waals surface area contributed by atoms with Crippen molar-refractivity contribution in [2.75, 3.05) is 54.9 Å². The Morgan fingerprint density at radius 1 is 0.950 bits per heavy atom. The van der Waals surface area contributed by atoms with Gasteiger partial charge in [-0.25, -0.2) is 14.8 Å². The quantitative estimate of drug-likeness (QED) is 0.157. The molecule has 3 fully saturated rings. The van der Waals surface area contributed by atoms with E-state index in [-0.39, 0.29) is 35.1 Å². The van der Waals surface area contributed by atoms with Gasteiger partial charge in [0.1, 0.15) is 17.2 Å². The second-order valence-electron chi connectivity index (χ2n) is 17.0. The average molecular weight is 847 g/mol. The van der Waals surface area contributed by atoms with Gasteiger partial charge in [0, 0.05) is 63.5 Å². The Morgan fingerprint density at radius 2 is 1.65 bits per heavy atom. The number of anilines is 3. The van der Waals surface area contributed by atoms with Crippen LogP contribution in [0.5, 0.6) is 0 Å². The lowest BCUT2D eigenvalue weighted by Crippen LogP contribution is -2.46. The molecule has 2 N–H and O–H groups in total. The summed E-state index contributed by atoms with van der Waals surface area (Å²) in [7, 11) is 3.96. The highest BCUT2D eigenvalue weighted by molar-refractivity contribution is 7.22. The number of hydrogen-bond donors (Lipinski definition) is 2. The molecule has 0 bridgehead atoms. The van der Waals surface area contributed by atoms with E-state index in [4.69, 9.17) is 4.98 Å². The van der Waals surface area contributed by atoms with Crippen LogP contribution in [0.15, 0.2) is 53.3 Å². The Kier molecular flexibility index (Phi) is 11.1. The van der Waals surface area contributed by atoms with Crippen LogP contribution in [0.3, 0.4) is 0 Å². The molecule has 1 amide bonds. The third-order valence-corrected chi connectivity index (χ3v) is 13.5. The predicted octanol–water partition coefficient (Wildman–Crippen LogP) is 6.52. The number of imidazole rings is 1. The van der Waals surface area contributed by atoms with Gasteiger partial charge in [-0.2, -0.15) is 13.2 Å². The number of aromatic nitrogens is 4. The minimum Gasteiger partial charge on any atom is -0.386 e. The zero-order valence-electron chi connectivity index (χ0n) is 34.1. The van der Waals surface area contributed by atoms with Crippen LogP contribution < -0.4 is 20.8 Å². The van der Waals surface area contributed by atoms with E-state index in [1.54, 1.807) is 42.2 Å². The van der Waals surface area contributed by atoms with Gasteiger partial charge < -0.3 is 25.1 Å². The standard InChI is InChI=1S/C43H49F3N8O5S/c1-42(2,59)28-22-31-36(23-30(28)48-39(57)29-7-5-10-37(47-29)43(44,45)46)60-40(49-31)53-17-13-25(14-18-53)24-50(3)26-15-19-52(20-16-26)33-8-6-9-34-38(33)51(4)41(58)54(34)32-12-11-27(55)21-35(32)56/h5-10,22-23,25-26,32,59H,11-21,24H2,1-4H3,(H,48,57). The number of ketones is 2. The SMILES string of the molecule is CN(CC1CCN(c2nc3cc(C(C)(C)O)c(NC(=O)c4cccc(C(F)(F)F)n4)cc3s2)CC1)C1CCN(c2cccc3c2n(C)c(=O)n3C2CCC(=O)CC2=O)CC1. The Labute approximate surface area is 348 Å². The molecule has 3 aliphatic rings. The van der Waals surface area contributed by atoms with E-state index in [9.17, 15) is 37.5 Å². The van der Waals surface area contributed by atoms with E-state index in [1.807, 2.05) is 18.2 Å². The smallest absolute Gasteiger partial charge is 0.386 e. The minimum absolute atomic E-state index is 0.0687. The Morgan fingerprint density at radius 3 is 2.33 bits per heavy atom. The number of aryl methyl sites for hydroxylation is 1. The summed E-state index contributed by atoms with van der Waals surface area (Å²) in [5.74, 6) is -0.577. The first-order valence-corrected chi connectivity index (χ1v) is 21.3. The lowest BCUT2D eigenvalue weighted by molar-refractivity contribution is -0.141. The van der Waals surface area contributed by atoms with Crippen molar-refractivity contribution in [3.8, 4) is 0 Å². The maximum Gasteiger partial charge on any atom is 0.433 e. The molecule has 60 heavy (non-hydrogen) atoms. The molecule has 1 aliphatic carbocycles. The lowest BCUT2D eigenvalue weighted by Gasteiger charge is -2.40. The van der Waals surface area contributed by atoms with Crippen molar-refractivity contribution in [3.05, 3.63) is 76.0 Å². The number of alkyl halides is 3. The summed E-state index contributed by atoms with van der Waals surface area (Å²) in [5.41, 5.74) is 0.669. The molecule has 5 heterocycles. The number of halogens is 3. The molecule has 17 heteroatoms. The zero-order chi connectivity index (χ0) is 42.7. The molecule has 5 aromatic rings. The fraction of sp³-hybridized carbons (Fsp3) is 0.488. The molecule has 13 nitrogen and oxygen atoms in total. The summed E-state index contributed by atoms with van der Waals surface area (Å²) in [6, 6.07) is 12.3. The van der Waals surface area contributed by atoms with Crippen molar-refractivity contribution >= 4 is 66.6 Å². The van der Waals surface area contributed by atoms with E-state index < -0.39 is 29.4 Å². The van der Waals surface area contributed by atoms with Crippen LogP contribution in [0.4, 0.5) is 29.7 Å². The second-order valence-corrected chi connectivity index (χ2v) is 18.0. The lowest BCUT2D eigenvalue weighted by atomic mass is 9.92. The van der Waals surface area contributed by atoms with Crippen molar-refractivity contribution in [2.24, 2.45) is 13.0 Å². The third kappa shape index (κ3) is 8.18. The van der Waals surface area contributed by atoms with Crippen molar-refractivity contribution in [3.63, 3.8) is 0 Å². The molecule has 0 spiro atoms. The van der Waals surface area contributed by atoms with E-state index in [0.29, 0.717) is 35.9 Å². The number of nitrogens with one attached hydrogen (secondary N) is 1. The fourth-order valence-corrected chi connectivity index (χ4v) is 10.2. The number of carbonyl (C=O) groups excluding carboxylic acids is 3. The number of aliphatic hydroxyl groups is 1. The monoisotopic (exact) mass is 846 g/mol. The molecule has 2 aliphatic heterocycles. The molecule has 8 rings (SSSR count). The summed E-state index contributed by atoms with van der Waals surface area (Å²) < 4.78 is 43.8. The number of carbonyl (C=O) groups is 3. The van der Waals surface area contributed by atoms with E-state index in [2.05, 4.69) is 32.0 Å². The number of pyridine rings is 1. The number of nitrogens with zero attached hydrogens (tertiary/aromatic N) is 7. The Balaban J connectivity index is 0.885. The third-order valence-electron chi connectivity index (χ3n) is 12.4. The molecule has 0 radical (unpaired) electrons. The zero-order valence-corrected chi connectivity index (χ0v) is 34.9. The van der Waals surface area contributed by atoms with Crippen LogP contribution in [0, 0.1) is 5.92 Å². The second kappa shape index (κ2) is 16.0. The number of Topliss-reactive ketones (excluding diaryl/α,β-unsaturated/α-hetero) is 2. The highest BCUT2D eigenvalue weighted by Crippen LogP contribution is 2.39. The summed E-state index contributed by atoms with van der Waals surface area (Å²) in [6.07, 6.45) is -0.234. The van der Waals surface area contributed by atoms with Gasteiger partial charge in [-0.15, -0.1) is 0 Å². The number of para-hydroxylation sites is 1. The Bertz CT molecular complexity index is 2530. The van der Waals surface area contributed by atoms with Crippen LogP contribution in [-0.4, -0.2) is 92.4 Å². The first kappa shape index (κ1) is 41.6. The van der Waals surface area contributed by atoms with Gasteiger partial charge in [-0.05, 0) is 95.3 Å². The predicted molar refractivity (Wildman–Crippen MR) is 225 cm³/mol. The molecular weight excluding hydrogens is 798 g/mol. The van der Waals surface area contributed by atoms with Crippen LogP contribution in [0.25, 0.3) is 21.3 Å². The van der Waals surface area contributed by atoms with Crippen LogP contribution in [-0.2, 0) is 28.4 Å². The normalized spacial score (nSPS) is 19.0. The van der Waals surface area contributed by atoms with Gasteiger partial charge in [-0.1, -0.05) is 23.5 Å². The summed E-state index contributed by atoms with van der Waals surface area (Å²) in [6.45, 7) is 7.44. The van der Waals surface area contributed by atoms with Crippen molar-refractivity contribution < 1.29 is 32.7 Å². The van der Waals surface area contributed by atoms with Gasteiger partial charge in [0.2, 0.25) is 0 Å². The van der Waals surface area contributed by atoms with Gasteiger partial charge >= 0.3 is 11.9 Å². The largest absolute Gasteiger partial charge is 0.433 e. The highest BCUT2D eigenvalue weighted by atomic mass is 32.1. The molecule has 2 saturated heterocycles. The maximum atomic E-state index is 13.5. The molecule has 1 atom stereocenters. The van der Waals surface area contributed by atoms with Crippen molar-refractivity contribution in [1.29, 1.82) is 0 Å². The van der Waals surface area contributed by atoms with Crippen molar-refractivity contribution in [1.82, 2.24) is 24.0 Å². The molecule has 1 unspecified atom stereocenters. The van der Waals surface area contributed by atoms with Crippen LogP contribution in [0.1, 0.15) is 86.6 Å². The van der Waals surface area contributed by atoms with Crippen molar-refractivity contribution in [2.45, 2.75) is 82.7 Å². The highest BCUT2D eigenvalue weighted by Gasteiger charge is 2.35. The van der Waals surface area contributed by atoms with Gasteiger partial charge in [-0.3, -0.25) is 23.5 Å². The molecule has 2 aromatic carbocycles. The number of fused-ring (bicyclic) bond motifs is 2. The number of thiazole rings is 1. The molecular formula is C43H49F3N8O5S. The Hall–Kier alpha value is -5.13. The van der Waals surface area contributed by atoms with Crippen LogP contribution >= 0.6 is 11.3 Å². The maximum absolute atomic E-state index is 13.5. The molecule has 1 saturated carbocycles. The topological polar surface area (TPSA) is 146 Å². The van der Waals surface area contributed by atoms with Gasteiger partial charge in [0.15, 0.2) is 10.9 Å². The molecule has 318 valence electrons. The van der Waals surface area contributed by atoms with E-state index >= 15 is 0 Å². The minimum atomic E-state index is -4.70. The number of amides is 1. The van der Waals surface area contributed by atoms with Crippen LogP contribution in [0.2, 0.25) is 0 Å². The number of benzene rings is 2. The number of hydrogen-bond acceptors (Lipinski definition) is 11. The summed E-state index contributed by atoms with van der Waals surface area (Å²) in [5, 5.41) is 14.5. The fourth-order valence-electron chi connectivity index (χ4n) is 9.13. The molecule has 3 aromatic heterocycles.